The lowest BCUT2D eigenvalue weighted by molar-refractivity contribution is -0.0157. The minimum atomic E-state index is 0.126. The number of rotatable bonds is 3. The summed E-state index contributed by atoms with van der Waals surface area (Å²) < 4.78 is 6.03. The highest BCUT2D eigenvalue weighted by molar-refractivity contribution is 4.95. The Kier molecular flexibility index (Phi) is 2.75. The van der Waals surface area contributed by atoms with Gasteiger partial charge in [-0.15, -0.1) is 0 Å². The average Bonchev–Trinajstić information content (AvgIpc) is 2.89. The zero-order valence-corrected chi connectivity index (χ0v) is 10.7. The van der Waals surface area contributed by atoms with E-state index in [4.69, 9.17) is 4.74 Å². The maximum Gasteiger partial charge on any atom is 0.0707 e. The Morgan fingerprint density at radius 1 is 1.19 bits per heavy atom. The first-order valence-electron chi connectivity index (χ1n) is 7.03. The summed E-state index contributed by atoms with van der Waals surface area (Å²) in [6, 6.07) is 0.811. The number of hydrogen-bond donors (Lipinski definition) is 1. The third kappa shape index (κ3) is 2.14. The van der Waals surface area contributed by atoms with E-state index in [1.165, 1.54) is 38.5 Å². The molecule has 92 valence electrons. The summed E-state index contributed by atoms with van der Waals surface area (Å²) >= 11 is 0. The molecule has 0 aromatic carbocycles. The molecule has 0 aromatic heterocycles. The maximum atomic E-state index is 6.03. The van der Waals surface area contributed by atoms with Crippen LogP contribution in [-0.2, 0) is 4.74 Å². The number of hydrogen-bond acceptors (Lipinski definition) is 2. The van der Waals surface area contributed by atoms with Gasteiger partial charge in [-0.2, -0.15) is 0 Å². The van der Waals surface area contributed by atoms with Crippen LogP contribution in [0.5, 0.6) is 0 Å². The largest absolute Gasteiger partial charge is 0.371 e. The van der Waals surface area contributed by atoms with Gasteiger partial charge in [-0.05, 0) is 57.8 Å². The molecule has 16 heavy (non-hydrogen) atoms. The van der Waals surface area contributed by atoms with Gasteiger partial charge in [0.15, 0.2) is 0 Å². The van der Waals surface area contributed by atoms with Gasteiger partial charge in [-0.3, -0.25) is 0 Å². The SMILES string of the molecule is CC1(C)CCC(CNC2CC3CCC2C3)O1. The molecule has 2 heteroatoms. The molecule has 1 aliphatic heterocycles. The van der Waals surface area contributed by atoms with E-state index in [1.54, 1.807) is 0 Å². The third-order valence-corrected chi connectivity index (χ3v) is 4.90. The normalized spacial score (nSPS) is 45.4. The van der Waals surface area contributed by atoms with Crippen LogP contribution >= 0.6 is 0 Å². The van der Waals surface area contributed by atoms with Crippen LogP contribution in [0, 0.1) is 11.8 Å². The molecular formula is C14H25NO. The molecular weight excluding hydrogens is 198 g/mol. The number of nitrogens with one attached hydrogen (secondary N) is 1. The molecule has 2 saturated carbocycles. The predicted molar refractivity (Wildman–Crippen MR) is 65.4 cm³/mol. The molecule has 1 heterocycles. The molecule has 0 radical (unpaired) electrons. The van der Waals surface area contributed by atoms with Crippen LogP contribution in [0.1, 0.15) is 52.4 Å². The van der Waals surface area contributed by atoms with Crippen molar-refractivity contribution >= 4 is 0 Å². The molecule has 2 aliphatic carbocycles. The summed E-state index contributed by atoms with van der Waals surface area (Å²) in [5.41, 5.74) is 0.126. The average molecular weight is 223 g/mol. The summed E-state index contributed by atoms with van der Waals surface area (Å²) in [5, 5.41) is 3.77. The summed E-state index contributed by atoms with van der Waals surface area (Å²) in [4.78, 5) is 0. The first-order valence-corrected chi connectivity index (χ1v) is 7.03. The van der Waals surface area contributed by atoms with Gasteiger partial charge >= 0.3 is 0 Å². The first-order chi connectivity index (χ1) is 7.62. The van der Waals surface area contributed by atoms with Gasteiger partial charge in [-0.1, -0.05) is 6.42 Å². The van der Waals surface area contributed by atoms with Crippen molar-refractivity contribution in [2.45, 2.75) is 70.1 Å². The lowest BCUT2D eigenvalue weighted by atomic mass is 9.95. The van der Waals surface area contributed by atoms with E-state index in [9.17, 15) is 0 Å². The van der Waals surface area contributed by atoms with Gasteiger partial charge in [0, 0.05) is 12.6 Å². The molecule has 0 aromatic rings. The fraction of sp³-hybridized carbons (Fsp3) is 1.00. The minimum Gasteiger partial charge on any atom is -0.371 e. The van der Waals surface area contributed by atoms with Gasteiger partial charge in [0.05, 0.1) is 11.7 Å². The van der Waals surface area contributed by atoms with Crippen molar-refractivity contribution in [3.8, 4) is 0 Å². The highest BCUT2D eigenvalue weighted by Crippen LogP contribution is 2.44. The Bertz CT molecular complexity index is 263. The fourth-order valence-electron chi connectivity index (χ4n) is 4.00. The molecule has 4 unspecified atom stereocenters. The molecule has 2 nitrogen and oxygen atoms in total. The summed E-state index contributed by atoms with van der Waals surface area (Å²) in [6.45, 7) is 5.51. The van der Waals surface area contributed by atoms with Crippen LogP contribution in [0.2, 0.25) is 0 Å². The highest BCUT2D eigenvalue weighted by Gasteiger charge is 2.40. The third-order valence-electron chi connectivity index (χ3n) is 4.90. The Morgan fingerprint density at radius 2 is 2.06 bits per heavy atom. The van der Waals surface area contributed by atoms with Gasteiger partial charge < -0.3 is 10.1 Å². The lowest BCUT2D eigenvalue weighted by Crippen LogP contribution is -2.39. The second-order valence-electron chi connectivity index (χ2n) is 6.73. The molecule has 0 spiro atoms. The zero-order valence-electron chi connectivity index (χ0n) is 10.7. The summed E-state index contributed by atoms with van der Waals surface area (Å²) in [5.74, 6) is 2.03. The van der Waals surface area contributed by atoms with Crippen molar-refractivity contribution in [3.05, 3.63) is 0 Å². The van der Waals surface area contributed by atoms with Crippen molar-refractivity contribution in [3.63, 3.8) is 0 Å². The van der Waals surface area contributed by atoms with Gasteiger partial charge in [0.2, 0.25) is 0 Å². The Balaban J connectivity index is 1.44. The van der Waals surface area contributed by atoms with Crippen LogP contribution in [0.4, 0.5) is 0 Å². The Hall–Kier alpha value is -0.0800. The molecule has 4 atom stereocenters. The Morgan fingerprint density at radius 3 is 2.62 bits per heavy atom. The van der Waals surface area contributed by atoms with Crippen LogP contribution in [0.15, 0.2) is 0 Å². The topological polar surface area (TPSA) is 21.3 Å². The van der Waals surface area contributed by atoms with Crippen LogP contribution in [0.25, 0.3) is 0 Å². The van der Waals surface area contributed by atoms with Crippen molar-refractivity contribution in [2.75, 3.05) is 6.54 Å². The zero-order chi connectivity index (χ0) is 11.2. The van der Waals surface area contributed by atoms with E-state index >= 15 is 0 Å². The van der Waals surface area contributed by atoms with Gasteiger partial charge in [0.1, 0.15) is 0 Å². The van der Waals surface area contributed by atoms with Crippen LogP contribution < -0.4 is 5.32 Å². The smallest absolute Gasteiger partial charge is 0.0707 e. The van der Waals surface area contributed by atoms with Crippen molar-refractivity contribution in [1.82, 2.24) is 5.32 Å². The summed E-state index contributed by atoms with van der Waals surface area (Å²) in [7, 11) is 0. The molecule has 1 N–H and O–H groups in total. The monoisotopic (exact) mass is 223 g/mol. The van der Waals surface area contributed by atoms with E-state index in [1.807, 2.05) is 0 Å². The minimum absolute atomic E-state index is 0.126. The van der Waals surface area contributed by atoms with Crippen LogP contribution in [0.3, 0.4) is 0 Å². The highest BCUT2D eigenvalue weighted by atomic mass is 16.5. The Labute approximate surface area is 99.1 Å². The molecule has 3 aliphatic rings. The lowest BCUT2D eigenvalue weighted by Gasteiger charge is -2.25. The fourth-order valence-corrected chi connectivity index (χ4v) is 4.00. The van der Waals surface area contributed by atoms with Gasteiger partial charge in [0.25, 0.3) is 0 Å². The standard InChI is InChI=1S/C14H25NO/c1-14(2)6-5-12(16-14)9-15-13-8-10-3-4-11(13)7-10/h10-13,15H,3-9H2,1-2H3. The van der Waals surface area contributed by atoms with E-state index in [0.29, 0.717) is 6.10 Å². The van der Waals surface area contributed by atoms with E-state index in [2.05, 4.69) is 19.2 Å². The van der Waals surface area contributed by atoms with E-state index < -0.39 is 0 Å². The second-order valence-corrected chi connectivity index (χ2v) is 6.73. The van der Waals surface area contributed by atoms with E-state index in [0.717, 1.165) is 24.4 Å². The predicted octanol–water partition coefficient (Wildman–Crippen LogP) is 2.72. The molecule has 0 amide bonds. The van der Waals surface area contributed by atoms with Crippen molar-refractivity contribution in [1.29, 1.82) is 0 Å². The van der Waals surface area contributed by atoms with E-state index in [-0.39, 0.29) is 5.60 Å². The van der Waals surface area contributed by atoms with Crippen molar-refractivity contribution in [2.24, 2.45) is 11.8 Å². The maximum absolute atomic E-state index is 6.03. The quantitative estimate of drug-likeness (QED) is 0.794. The first kappa shape index (κ1) is 11.0. The second kappa shape index (κ2) is 3.99. The number of ether oxygens (including phenoxy) is 1. The van der Waals surface area contributed by atoms with Crippen LogP contribution in [-0.4, -0.2) is 24.3 Å². The molecule has 2 bridgehead atoms. The molecule has 1 saturated heterocycles. The summed E-state index contributed by atoms with van der Waals surface area (Å²) in [6.07, 6.45) is 8.82. The van der Waals surface area contributed by atoms with Gasteiger partial charge in [-0.25, -0.2) is 0 Å². The molecule has 3 fully saturated rings. The molecule has 3 rings (SSSR count). The van der Waals surface area contributed by atoms with Crippen molar-refractivity contribution < 1.29 is 4.74 Å². The number of fused-ring (bicyclic) bond motifs is 2.